The van der Waals surface area contributed by atoms with Gasteiger partial charge in [0.15, 0.2) is 0 Å². The van der Waals surface area contributed by atoms with Gasteiger partial charge in [-0.15, -0.1) is 0 Å². The minimum absolute atomic E-state index is 0.296. The number of aryl methyl sites for hydroxylation is 1. The Labute approximate surface area is 132 Å². The van der Waals surface area contributed by atoms with Gasteiger partial charge in [0.2, 0.25) is 0 Å². The van der Waals surface area contributed by atoms with Crippen LogP contribution in [-0.4, -0.2) is 29.0 Å². The molecule has 0 aliphatic rings. The number of nitrogens with zero attached hydrogens (tertiary/aromatic N) is 1. The van der Waals surface area contributed by atoms with Crippen LogP contribution < -0.4 is 5.73 Å². The van der Waals surface area contributed by atoms with E-state index in [0.717, 1.165) is 32.4 Å². The van der Waals surface area contributed by atoms with Gasteiger partial charge in [0.05, 0.1) is 0 Å². The second kappa shape index (κ2) is 8.47. The Morgan fingerprint density at radius 2 is 1.91 bits per heavy atom. The zero-order valence-corrected chi connectivity index (χ0v) is 13.5. The molecule has 2 amide bonds. The number of urea groups is 1. The van der Waals surface area contributed by atoms with E-state index in [1.165, 1.54) is 35.7 Å². The predicted molar refractivity (Wildman–Crippen MR) is 91.9 cm³/mol. The average molecular weight is 301 g/mol. The second-order valence-corrected chi connectivity index (χ2v) is 5.85. The van der Waals surface area contributed by atoms with E-state index in [4.69, 9.17) is 5.73 Å². The Bertz CT molecular complexity index is 591. The van der Waals surface area contributed by atoms with Gasteiger partial charge in [-0.1, -0.05) is 44.4 Å². The Morgan fingerprint density at radius 3 is 2.68 bits per heavy atom. The van der Waals surface area contributed by atoms with Crippen LogP contribution in [0.5, 0.6) is 0 Å². The summed E-state index contributed by atoms with van der Waals surface area (Å²) in [4.78, 5) is 16.6. The van der Waals surface area contributed by atoms with Crippen LogP contribution in [0.15, 0.2) is 30.5 Å². The lowest BCUT2D eigenvalue weighted by Gasteiger charge is -2.20. The largest absolute Gasteiger partial charge is 0.361 e. The number of aromatic amines is 1. The van der Waals surface area contributed by atoms with Gasteiger partial charge in [-0.25, -0.2) is 4.79 Å². The first-order valence-electron chi connectivity index (χ1n) is 8.31. The number of aromatic nitrogens is 1. The van der Waals surface area contributed by atoms with Crippen molar-refractivity contribution < 1.29 is 4.79 Å². The summed E-state index contributed by atoms with van der Waals surface area (Å²) in [6.07, 6.45) is 8.62. The summed E-state index contributed by atoms with van der Waals surface area (Å²) in [5.41, 5.74) is 7.96. The van der Waals surface area contributed by atoms with Gasteiger partial charge >= 0.3 is 6.03 Å². The molecule has 3 N–H and O–H groups in total. The van der Waals surface area contributed by atoms with Crippen molar-refractivity contribution in [3.63, 3.8) is 0 Å². The normalized spacial score (nSPS) is 11.0. The van der Waals surface area contributed by atoms with E-state index in [1.54, 1.807) is 4.90 Å². The standard InChI is InChI=1S/C18H27N3O/c1-2-3-4-7-12-21(18(19)22)13-8-9-15-14-20-17-11-6-5-10-16(15)17/h5-6,10-11,14,20H,2-4,7-9,12-13H2,1H3,(H2,19,22). The quantitative estimate of drug-likeness (QED) is 0.674. The van der Waals surface area contributed by atoms with E-state index in [2.05, 4.69) is 36.3 Å². The van der Waals surface area contributed by atoms with Crippen molar-refractivity contribution in [2.45, 2.75) is 45.4 Å². The summed E-state index contributed by atoms with van der Waals surface area (Å²) < 4.78 is 0. The lowest BCUT2D eigenvalue weighted by molar-refractivity contribution is 0.205. The molecule has 2 rings (SSSR count). The first kappa shape index (κ1) is 16.4. The third kappa shape index (κ3) is 4.52. The number of rotatable bonds is 9. The molecule has 0 aliphatic heterocycles. The van der Waals surface area contributed by atoms with Gasteiger partial charge in [0, 0.05) is 30.2 Å². The molecule has 0 radical (unpaired) electrons. The molecule has 120 valence electrons. The number of unbranched alkanes of at least 4 members (excludes halogenated alkanes) is 3. The topological polar surface area (TPSA) is 62.1 Å². The van der Waals surface area contributed by atoms with E-state index < -0.39 is 0 Å². The van der Waals surface area contributed by atoms with E-state index in [1.807, 2.05) is 6.07 Å². The molecule has 4 nitrogen and oxygen atoms in total. The van der Waals surface area contributed by atoms with Crippen LogP contribution in [-0.2, 0) is 6.42 Å². The molecule has 1 aromatic carbocycles. The van der Waals surface area contributed by atoms with E-state index in [-0.39, 0.29) is 6.03 Å². The summed E-state index contributed by atoms with van der Waals surface area (Å²) in [6, 6.07) is 8.02. The van der Waals surface area contributed by atoms with Gasteiger partial charge in [-0.3, -0.25) is 0 Å². The number of primary amides is 1. The zero-order chi connectivity index (χ0) is 15.8. The highest BCUT2D eigenvalue weighted by Gasteiger charge is 2.09. The second-order valence-electron chi connectivity index (χ2n) is 5.85. The Kier molecular flexibility index (Phi) is 6.31. The highest BCUT2D eigenvalue weighted by Crippen LogP contribution is 2.19. The van der Waals surface area contributed by atoms with Crippen LogP contribution in [0, 0.1) is 0 Å². The number of benzene rings is 1. The molecular formula is C18H27N3O. The maximum atomic E-state index is 11.5. The maximum absolute atomic E-state index is 11.5. The van der Waals surface area contributed by atoms with Crippen LogP contribution in [0.2, 0.25) is 0 Å². The minimum Gasteiger partial charge on any atom is -0.361 e. The summed E-state index contributed by atoms with van der Waals surface area (Å²) in [6.45, 7) is 3.71. The Hall–Kier alpha value is -1.97. The fourth-order valence-corrected chi connectivity index (χ4v) is 2.86. The van der Waals surface area contributed by atoms with E-state index >= 15 is 0 Å². The van der Waals surface area contributed by atoms with Gasteiger partial charge in [-0.2, -0.15) is 0 Å². The van der Waals surface area contributed by atoms with E-state index in [0.29, 0.717) is 0 Å². The number of para-hydroxylation sites is 1. The number of nitrogens with one attached hydrogen (secondary N) is 1. The van der Waals surface area contributed by atoms with Gasteiger partial charge in [-0.05, 0) is 30.9 Å². The fraction of sp³-hybridized carbons (Fsp3) is 0.500. The molecule has 0 spiro atoms. The molecule has 1 heterocycles. The number of carbonyl (C=O) groups excluding carboxylic acids is 1. The molecule has 2 aromatic rings. The van der Waals surface area contributed by atoms with Gasteiger partial charge in [0.1, 0.15) is 0 Å². The highest BCUT2D eigenvalue weighted by atomic mass is 16.2. The van der Waals surface area contributed by atoms with Crippen LogP contribution in [0.1, 0.15) is 44.6 Å². The number of amides is 2. The number of hydrogen-bond donors (Lipinski definition) is 2. The molecule has 22 heavy (non-hydrogen) atoms. The fourth-order valence-electron chi connectivity index (χ4n) is 2.86. The van der Waals surface area contributed by atoms with Crippen LogP contribution >= 0.6 is 0 Å². The number of H-pyrrole nitrogens is 1. The summed E-state index contributed by atoms with van der Waals surface area (Å²) >= 11 is 0. The van der Waals surface area contributed by atoms with Crippen molar-refractivity contribution in [2.24, 2.45) is 5.73 Å². The van der Waals surface area contributed by atoms with Crippen molar-refractivity contribution in [2.75, 3.05) is 13.1 Å². The molecule has 1 aromatic heterocycles. The molecule has 0 unspecified atom stereocenters. The Morgan fingerprint density at radius 1 is 1.14 bits per heavy atom. The lowest BCUT2D eigenvalue weighted by Crippen LogP contribution is -2.37. The number of nitrogens with two attached hydrogens (primary N) is 1. The van der Waals surface area contributed by atoms with Gasteiger partial charge < -0.3 is 15.6 Å². The van der Waals surface area contributed by atoms with Crippen LogP contribution in [0.25, 0.3) is 10.9 Å². The molecule has 0 saturated carbocycles. The first-order chi connectivity index (χ1) is 10.7. The van der Waals surface area contributed by atoms with E-state index in [9.17, 15) is 4.79 Å². The molecule has 0 saturated heterocycles. The molecule has 0 fully saturated rings. The summed E-state index contributed by atoms with van der Waals surface area (Å²) in [7, 11) is 0. The molecule has 0 bridgehead atoms. The molecule has 4 heteroatoms. The number of hydrogen-bond acceptors (Lipinski definition) is 1. The van der Waals surface area contributed by atoms with Gasteiger partial charge in [0.25, 0.3) is 0 Å². The van der Waals surface area contributed by atoms with Crippen molar-refractivity contribution >= 4 is 16.9 Å². The summed E-state index contributed by atoms with van der Waals surface area (Å²) in [5, 5.41) is 1.27. The first-order valence-corrected chi connectivity index (χ1v) is 8.31. The van der Waals surface area contributed by atoms with Crippen molar-refractivity contribution in [1.82, 2.24) is 9.88 Å². The predicted octanol–water partition coefficient (Wildman–Crippen LogP) is 4.06. The monoisotopic (exact) mass is 301 g/mol. The smallest absolute Gasteiger partial charge is 0.314 e. The number of fused-ring (bicyclic) bond motifs is 1. The highest BCUT2D eigenvalue weighted by molar-refractivity contribution is 5.83. The third-order valence-corrected chi connectivity index (χ3v) is 4.14. The SMILES string of the molecule is CCCCCCN(CCCc1c[nH]c2ccccc12)C(N)=O. The zero-order valence-electron chi connectivity index (χ0n) is 13.5. The number of carbonyl (C=O) groups is 1. The van der Waals surface area contributed by atoms with Crippen LogP contribution in [0.4, 0.5) is 4.79 Å². The molecule has 0 atom stereocenters. The third-order valence-electron chi connectivity index (χ3n) is 4.14. The maximum Gasteiger partial charge on any atom is 0.314 e. The average Bonchev–Trinajstić information content (AvgIpc) is 2.93. The van der Waals surface area contributed by atoms with Crippen molar-refractivity contribution in [3.8, 4) is 0 Å². The summed E-state index contributed by atoms with van der Waals surface area (Å²) in [5.74, 6) is 0. The van der Waals surface area contributed by atoms with Crippen LogP contribution in [0.3, 0.4) is 0 Å². The minimum atomic E-state index is -0.296. The molecular weight excluding hydrogens is 274 g/mol. The Balaban J connectivity index is 1.81. The van der Waals surface area contributed by atoms with Crippen molar-refractivity contribution in [1.29, 1.82) is 0 Å². The molecule has 0 aliphatic carbocycles. The lowest BCUT2D eigenvalue weighted by atomic mass is 10.1. The van der Waals surface area contributed by atoms with Crippen molar-refractivity contribution in [3.05, 3.63) is 36.0 Å².